The largest absolute Gasteiger partial charge is 0.320 e. The lowest BCUT2D eigenvalue weighted by Gasteiger charge is -2.12. The molecule has 3 N–H and O–H groups in total. The van der Waals surface area contributed by atoms with Gasteiger partial charge >= 0.3 is 0 Å². The molecule has 112 valence electrons. The monoisotopic (exact) mass is 304 g/mol. The highest BCUT2D eigenvalue weighted by molar-refractivity contribution is 7.15. The molecule has 0 aliphatic rings. The van der Waals surface area contributed by atoms with Crippen LogP contribution in [-0.2, 0) is 16.6 Å². The summed E-state index contributed by atoms with van der Waals surface area (Å²) in [4.78, 5) is 12.1. The Kier molecular flexibility index (Phi) is 4.69. The van der Waals surface area contributed by atoms with Gasteiger partial charge in [0.25, 0.3) is 0 Å². The molecule has 6 heteroatoms. The molecule has 1 amide bonds. The third-order valence-electron chi connectivity index (χ3n) is 2.93. The van der Waals surface area contributed by atoms with Gasteiger partial charge in [0.05, 0.1) is 6.04 Å². The molecule has 0 radical (unpaired) electrons. The molecule has 0 spiro atoms. The number of amides is 1. The number of rotatable bonds is 4. The summed E-state index contributed by atoms with van der Waals surface area (Å²) in [6.45, 7) is 6.17. The van der Waals surface area contributed by atoms with Crippen molar-refractivity contribution in [2.75, 3.05) is 5.32 Å². The summed E-state index contributed by atoms with van der Waals surface area (Å²) in [5.74, 6) is -0.240. The quantitative estimate of drug-likeness (QED) is 0.908. The minimum absolute atomic E-state index is 0.0766. The van der Waals surface area contributed by atoms with Crippen LogP contribution in [0.2, 0.25) is 0 Å². The summed E-state index contributed by atoms with van der Waals surface area (Å²) in [5.41, 5.74) is 6.89. The van der Waals surface area contributed by atoms with Gasteiger partial charge < -0.3 is 5.73 Å². The fraction of sp³-hybridized carbons (Fsp3) is 0.400. The van der Waals surface area contributed by atoms with Crippen molar-refractivity contribution >= 4 is 22.4 Å². The fourth-order valence-corrected chi connectivity index (χ4v) is 2.54. The molecule has 0 bridgehead atoms. The van der Waals surface area contributed by atoms with Crippen molar-refractivity contribution in [3.8, 4) is 0 Å². The molecule has 0 saturated carbocycles. The first-order valence-corrected chi connectivity index (χ1v) is 7.62. The van der Waals surface area contributed by atoms with Crippen LogP contribution in [0.15, 0.2) is 30.3 Å². The molecule has 0 saturated heterocycles. The second-order valence-electron chi connectivity index (χ2n) is 5.95. The van der Waals surface area contributed by atoms with Crippen LogP contribution >= 0.6 is 11.3 Å². The topological polar surface area (TPSA) is 80.9 Å². The van der Waals surface area contributed by atoms with E-state index in [0.717, 1.165) is 10.6 Å². The number of aromatic nitrogens is 2. The van der Waals surface area contributed by atoms with Gasteiger partial charge in [0.15, 0.2) is 0 Å². The number of nitrogens with one attached hydrogen (secondary N) is 1. The third kappa shape index (κ3) is 4.34. The van der Waals surface area contributed by atoms with Crippen molar-refractivity contribution in [3.63, 3.8) is 0 Å². The standard InChI is InChI=1S/C15H20N4OS/c1-15(2,3)13-18-19-14(21-13)17-12(20)11(16)9-10-7-5-4-6-8-10/h4-8,11H,9,16H2,1-3H3,(H,17,19,20)/t11-/m0/s1. The van der Waals surface area contributed by atoms with Crippen molar-refractivity contribution in [1.29, 1.82) is 0 Å². The van der Waals surface area contributed by atoms with Gasteiger partial charge in [0, 0.05) is 5.41 Å². The zero-order chi connectivity index (χ0) is 15.5. The van der Waals surface area contributed by atoms with E-state index in [0.29, 0.717) is 11.6 Å². The summed E-state index contributed by atoms with van der Waals surface area (Å²) in [5, 5.41) is 12.2. The minimum Gasteiger partial charge on any atom is -0.320 e. The van der Waals surface area contributed by atoms with Crippen molar-refractivity contribution in [2.45, 2.75) is 38.6 Å². The Morgan fingerprint density at radius 1 is 1.29 bits per heavy atom. The molecule has 1 heterocycles. The Balaban J connectivity index is 1.96. The van der Waals surface area contributed by atoms with Crippen LogP contribution in [0.3, 0.4) is 0 Å². The van der Waals surface area contributed by atoms with E-state index >= 15 is 0 Å². The summed E-state index contributed by atoms with van der Waals surface area (Å²) in [6.07, 6.45) is 0.498. The molecule has 0 unspecified atom stereocenters. The number of hydrogen-bond acceptors (Lipinski definition) is 5. The van der Waals surface area contributed by atoms with Gasteiger partial charge in [0.2, 0.25) is 11.0 Å². The second-order valence-corrected chi connectivity index (χ2v) is 6.93. The van der Waals surface area contributed by atoms with Crippen molar-refractivity contribution in [1.82, 2.24) is 10.2 Å². The van der Waals surface area contributed by atoms with Crippen LogP contribution in [0.25, 0.3) is 0 Å². The fourth-order valence-electron chi connectivity index (χ4n) is 1.74. The van der Waals surface area contributed by atoms with Gasteiger partial charge in [-0.05, 0) is 12.0 Å². The van der Waals surface area contributed by atoms with Crippen LogP contribution < -0.4 is 11.1 Å². The highest BCUT2D eigenvalue weighted by atomic mass is 32.1. The molecule has 2 aromatic rings. The highest BCUT2D eigenvalue weighted by Gasteiger charge is 2.21. The SMILES string of the molecule is CC(C)(C)c1nnc(NC(=O)[C@@H](N)Cc2ccccc2)s1. The maximum atomic E-state index is 12.1. The zero-order valence-electron chi connectivity index (χ0n) is 12.5. The lowest BCUT2D eigenvalue weighted by molar-refractivity contribution is -0.117. The van der Waals surface area contributed by atoms with E-state index in [2.05, 4.69) is 36.3 Å². The molecule has 1 aromatic carbocycles. The van der Waals surface area contributed by atoms with Crippen LogP contribution in [0, 0.1) is 0 Å². The smallest absolute Gasteiger partial charge is 0.243 e. The predicted molar refractivity (Wildman–Crippen MR) is 85.4 cm³/mol. The number of carbonyl (C=O) groups excluding carboxylic acids is 1. The Labute approximate surface area is 128 Å². The van der Waals surface area contributed by atoms with Gasteiger partial charge in [-0.1, -0.05) is 62.4 Å². The van der Waals surface area contributed by atoms with E-state index in [9.17, 15) is 4.79 Å². The van der Waals surface area contributed by atoms with Gasteiger partial charge in [-0.15, -0.1) is 10.2 Å². The molecule has 1 aromatic heterocycles. The average molecular weight is 304 g/mol. The summed E-state index contributed by atoms with van der Waals surface area (Å²) >= 11 is 1.38. The zero-order valence-corrected chi connectivity index (χ0v) is 13.3. The Hall–Kier alpha value is -1.79. The number of benzene rings is 1. The number of carbonyl (C=O) groups is 1. The van der Waals surface area contributed by atoms with Gasteiger partial charge in [0.1, 0.15) is 5.01 Å². The Morgan fingerprint density at radius 2 is 1.95 bits per heavy atom. The Morgan fingerprint density at radius 3 is 2.52 bits per heavy atom. The van der Waals surface area contributed by atoms with Crippen molar-refractivity contribution < 1.29 is 4.79 Å². The van der Waals surface area contributed by atoms with E-state index in [-0.39, 0.29) is 11.3 Å². The summed E-state index contributed by atoms with van der Waals surface area (Å²) < 4.78 is 0. The van der Waals surface area contributed by atoms with Crippen LogP contribution in [0.5, 0.6) is 0 Å². The van der Waals surface area contributed by atoms with E-state index < -0.39 is 6.04 Å². The first kappa shape index (κ1) is 15.6. The van der Waals surface area contributed by atoms with Crippen LogP contribution in [0.1, 0.15) is 31.3 Å². The van der Waals surface area contributed by atoms with E-state index in [1.165, 1.54) is 11.3 Å². The lowest BCUT2D eigenvalue weighted by Crippen LogP contribution is -2.37. The van der Waals surface area contributed by atoms with Crippen LogP contribution in [0.4, 0.5) is 5.13 Å². The van der Waals surface area contributed by atoms with Gasteiger partial charge in [-0.2, -0.15) is 0 Å². The summed E-state index contributed by atoms with van der Waals surface area (Å²) in [6, 6.07) is 9.10. The predicted octanol–water partition coefficient (Wildman–Crippen LogP) is 2.34. The molecule has 5 nitrogen and oxygen atoms in total. The second kappa shape index (κ2) is 6.32. The average Bonchev–Trinajstić information content (AvgIpc) is 2.88. The maximum absolute atomic E-state index is 12.1. The summed E-state index contributed by atoms with van der Waals surface area (Å²) in [7, 11) is 0. The van der Waals surface area contributed by atoms with Gasteiger partial charge in [-0.3, -0.25) is 10.1 Å². The molecule has 0 fully saturated rings. The highest BCUT2D eigenvalue weighted by Crippen LogP contribution is 2.27. The number of nitrogens with two attached hydrogens (primary N) is 1. The molecule has 0 aliphatic heterocycles. The molecule has 1 atom stereocenters. The lowest BCUT2D eigenvalue weighted by atomic mass is 9.98. The molecule has 21 heavy (non-hydrogen) atoms. The van der Waals surface area contributed by atoms with Crippen LogP contribution in [-0.4, -0.2) is 22.1 Å². The molecular weight excluding hydrogens is 284 g/mol. The van der Waals surface area contributed by atoms with E-state index in [1.54, 1.807) is 0 Å². The first-order chi connectivity index (χ1) is 9.86. The number of anilines is 1. The number of hydrogen-bond donors (Lipinski definition) is 2. The normalized spacial score (nSPS) is 13.0. The van der Waals surface area contributed by atoms with E-state index in [4.69, 9.17) is 5.73 Å². The number of nitrogens with zero attached hydrogens (tertiary/aromatic N) is 2. The third-order valence-corrected chi connectivity index (χ3v) is 4.20. The molecular formula is C15H20N4OS. The maximum Gasteiger partial charge on any atom is 0.243 e. The van der Waals surface area contributed by atoms with Crippen molar-refractivity contribution in [3.05, 3.63) is 40.9 Å². The van der Waals surface area contributed by atoms with Crippen molar-refractivity contribution in [2.24, 2.45) is 5.73 Å². The Bertz CT molecular complexity index is 604. The molecule has 0 aliphatic carbocycles. The first-order valence-electron chi connectivity index (χ1n) is 6.80. The van der Waals surface area contributed by atoms with Gasteiger partial charge in [-0.25, -0.2) is 0 Å². The van der Waals surface area contributed by atoms with E-state index in [1.807, 2.05) is 30.3 Å². The molecule has 2 rings (SSSR count). The minimum atomic E-state index is -0.602.